The highest BCUT2D eigenvalue weighted by atomic mass is 79.9. The Morgan fingerprint density at radius 3 is 2.36 bits per heavy atom. The molecule has 36 heavy (non-hydrogen) atoms. The zero-order valence-electron chi connectivity index (χ0n) is 20.7. The number of hydrogen-bond donors (Lipinski definition) is 1. The van der Waals surface area contributed by atoms with Gasteiger partial charge >= 0.3 is 6.03 Å². The Hall–Kier alpha value is -2.68. The number of carbonyl (C=O) groups excluding carboxylic acids is 2. The number of likely N-dealkylation sites (tertiary alicyclic amines) is 1. The van der Waals surface area contributed by atoms with Crippen LogP contribution in [0.2, 0.25) is 0 Å². The number of nitrogens with one attached hydrogen (secondary N) is 1. The summed E-state index contributed by atoms with van der Waals surface area (Å²) in [5, 5.41) is 5.03. The highest BCUT2D eigenvalue weighted by molar-refractivity contribution is 9.10. The lowest BCUT2D eigenvalue weighted by Crippen LogP contribution is -2.46. The van der Waals surface area contributed by atoms with E-state index in [1.807, 2.05) is 59.5 Å². The lowest BCUT2D eigenvalue weighted by atomic mass is 10.2. The maximum atomic E-state index is 13.7. The molecule has 3 aromatic rings. The van der Waals surface area contributed by atoms with Gasteiger partial charge in [-0.1, -0.05) is 46.3 Å². The van der Waals surface area contributed by atoms with Crippen molar-refractivity contribution in [2.45, 2.75) is 32.9 Å². The Bertz CT molecular complexity index is 1130. The van der Waals surface area contributed by atoms with E-state index in [0.29, 0.717) is 25.3 Å². The number of aryl methyl sites for hydroxylation is 1. The Morgan fingerprint density at radius 1 is 0.972 bits per heavy atom. The summed E-state index contributed by atoms with van der Waals surface area (Å²) in [7, 11) is 0. The molecule has 2 aromatic carbocycles. The van der Waals surface area contributed by atoms with Gasteiger partial charge in [-0.15, -0.1) is 11.3 Å². The number of hydrogen-bond acceptors (Lipinski definition) is 4. The van der Waals surface area contributed by atoms with Crippen LogP contribution in [0.4, 0.5) is 10.5 Å². The molecule has 0 radical (unpaired) electrons. The summed E-state index contributed by atoms with van der Waals surface area (Å²) >= 11 is 5.09. The van der Waals surface area contributed by atoms with Crippen LogP contribution in [-0.2, 0) is 17.9 Å². The van der Waals surface area contributed by atoms with E-state index in [-0.39, 0.29) is 18.5 Å². The molecular formula is C28H33BrN4O2S. The van der Waals surface area contributed by atoms with Crippen molar-refractivity contribution in [3.05, 3.63) is 86.5 Å². The fourth-order valence-corrected chi connectivity index (χ4v) is 5.48. The van der Waals surface area contributed by atoms with Crippen molar-refractivity contribution in [3.8, 4) is 0 Å². The van der Waals surface area contributed by atoms with E-state index in [1.54, 1.807) is 16.2 Å². The number of rotatable bonds is 10. The van der Waals surface area contributed by atoms with E-state index in [0.717, 1.165) is 29.7 Å². The number of thiophene rings is 1. The van der Waals surface area contributed by atoms with Gasteiger partial charge in [0.2, 0.25) is 5.91 Å². The number of nitrogens with zero attached hydrogens (tertiary/aromatic N) is 3. The van der Waals surface area contributed by atoms with Gasteiger partial charge in [0.15, 0.2) is 0 Å². The molecule has 6 nitrogen and oxygen atoms in total. The van der Waals surface area contributed by atoms with Crippen LogP contribution in [-0.4, -0.2) is 59.4 Å². The van der Waals surface area contributed by atoms with Crippen LogP contribution in [0.25, 0.3) is 0 Å². The fourth-order valence-electron chi connectivity index (χ4n) is 4.30. The first kappa shape index (κ1) is 26.4. The first-order valence-electron chi connectivity index (χ1n) is 12.4. The highest BCUT2D eigenvalue weighted by Gasteiger charge is 2.24. The van der Waals surface area contributed by atoms with Crippen molar-refractivity contribution in [2.75, 3.05) is 38.0 Å². The molecule has 1 aliphatic heterocycles. The number of halogens is 1. The Kier molecular flexibility index (Phi) is 9.55. The maximum Gasteiger partial charge on any atom is 0.322 e. The number of benzene rings is 2. The molecule has 0 atom stereocenters. The van der Waals surface area contributed by atoms with Crippen molar-refractivity contribution < 1.29 is 9.59 Å². The Labute approximate surface area is 226 Å². The topological polar surface area (TPSA) is 55.9 Å². The van der Waals surface area contributed by atoms with Gasteiger partial charge in [-0.25, -0.2) is 4.79 Å². The number of anilines is 1. The molecule has 0 aliphatic carbocycles. The van der Waals surface area contributed by atoms with E-state index in [2.05, 4.69) is 44.5 Å². The lowest BCUT2D eigenvalue weighted by Gasteiger charge is -2.29. The summed E-state index contributed by atoms with van der Waals surface area (Å²) < 4.78 is 0.946. The Balaban J connectivity index is 1.49. The molecule has 0 bridgehead atoms. The van der Waals surface area contributed by atoms with Gasteiger partial charge in [-0.3, -0.25) is 4.79 Å². The third-order valence-corrected chi connectivity index (χ3v) is 8.00. The zero-order valence-corrected chi connectivity index (χ0v) is 23.1. The molecule has 3 amide bonds. The van der Waals surface area contributed by atoms with Crippen molar-refractivity contribution in [1.82, 2.24) is 14.7 Å². The summed E-state index contributed by atoms with van der Waals surface area (Å²) in [5.74, 6) is -0.0565. The summed E-state index contributed by atoms with van der Waals surface area (Å²) in [6, 6.07) is 19.3. The average molecular weight is 570 g/mol. The molecule has 4 rings (SSSR count). The fraction of sp³-hybridized carbons (Fsp3) is 0.357. The summed E-state index contributed by atoms with van der Waals surface area (Å²) in [5.41, 5.74) is 2.96. The molecule has 0 unspecified atom stereocenters. The van der Waals surface area contributed by atoms with E-state index >= 15 is 0 Å². The monoisotopic (exact) mass is 568 g/mol. The van der Waals surface area contributed by atoms with Gasteiger partial charge in [0.1, 0.15) is 6.54 Å². The van der Waals surface area contributed by atoms with Gasteiger partial charge in [0, 0.05) is 34.7 Å². The normalized spacial score (nSPS) is 13.5. The van der Waals surface area contributed by atoms with E-state index in [4.69, 9.17) is 0 Å². The number of carbonyl (C=O) groups is 2. The van der Waals surface area contributed by atoms with Gasteiger partial charge in [0.25, 0.3) is 0 Å². The summed E-state index contributed by atoms with van der Waals surface area (Å²) in [6.07, 6.45) is 2.38. The second-order valence-electron chi connectivity index (χ2n) is 9.17. The second-order valence-corrected chi connectivity index (χ2v) is 11.1. The molecule has 1 N–H and O–H groups in total. The van der Waals surface area contributed by atoms with Crippen LogP contribution in [0, 0.1) is 6.92 Å². The average Bonchev–Trinajstić information content (AvgIpc) is 3.55. The van der Waals surface area contributed by atoms with Gasteiger partial charge < -0.3 is 20.0 Å². The molecule has 1 aromatic heterocycles. The molecule has 1 saturated heterocycles. The lowest BCUT2D eigenvalue weighted by molar-refractivity contribution is -0.133. The highest BCUT2D eigenvalue weighted by Crippen LogP contribution is 2.20. The van der Waals surface area contributed by atoms with E-state index in [1.165, 1.54) is 23.3 Å². The van der Waals surface area contributed by atoms with Crippen molar-refractivity contribution in [3.63, 3.8) is 0 Å². The minimum atomic E-state index is -0.253. The van der Waals surface area contributed by atoms with Crippen LogP contribution in [0.1, 0.15) is 28.8 Å². The standard InChI is InChI=1S/C28H33BrN4O2S/c1-22-13-18-36-26(22)20-33(19-23-7-3-2-4-8-23)27(34)21-32(17-16-31-14-5-6-15-31)28(35)30-25-11-9-24(29)10-12-25/h2-4,7-13,18H,5-6,14-17,19-21H2,1H3,(H,30,35). The summed E-state index contributed by atoms with van der Waals surface area (Å²) in [4.78, 5) is 34.0. The zero-order chi connectivity index (χ0) is 25.3. The van der Waals surface area contributed by atoms with Gasteiger partial charge in [-0.05, 0) is 79.7 Å². The maximum absolute atomic E-state index is 13.7. The van der Waals surface area contributed by atoms with E-state index in [9.17, 15) is 9.59 Å². The molecule has 190 valence electrons. The molecule has 0 spiro atoms. The molecular weight excluding hydrogens is 536 g/mol. The van der Waals surface area contributed by atoms with Crippen LogP contribution in [0.5, 0.6) is 0 Å². The quantitative estimate of drug-likeness (QED) is 0.327. The minimum absolute atomic E-state index is 0.0352. The van der Waals surface area contributed by atoms with Crippen molar-refractivity contribution in [1.29, 1.82) is 0 Å². The van der Waals surface area contributed by atoms with Crippen molar-refractivity contribution in [2.24, 2.45) is 0 Å². The molecule has 1 fully saturated rings. The Morgan fingerprint density at radius 2 is 1.69 bits per heavy atom. The second kappa shape index (κ2) is 13.0. The molecule has 8 heteroatoms. The molecule has 0 saturated carbocycles. The van der Waals surface area contributed by atoms with E-state index < -0.39 is 0 Å². The third-order valence-electron chi connectivity index (χ3n) is 6.47. The van der Waals surface area contributed by atoms with Crippen LogP contribution in [0.3, 0.4) is 0 Å². The third kappa shape index (κ3) is 7.66. The number of amides is 3. The van der Waals surface area contributed by atoms with Crippen LogP contribution in [0.15, 0.2) is 70.5 Å². The predicted molar refractivity (Wildman–Crippen MR) is 150 cm³/mol. The molecule has 1 aliphatic rings. The minimum Gasteiger partial charge on any atom is -0.332 e. The first-order chi connectivity index (χ1) is 17.5. The molecule has 2 heterocycles. The van der Waals surface area contributed by atoms with Gasteiger partial charge in [0.05, 0.1) is 6.54 Å². The smallest absolute Gasteiger partial charge is 0.322 e. The van der Waals surface area contributed by atoms with Crippen LogP contribution >= 0.6 is 27.3 Å². The predicted octanol–water partition coefficient (Wildman–Crippen LogP) is 5.98. The first-order valence-corrected chi connectivity index (χ1v) is 14.0. The summed E-state index contributed by atoms with van der Waals surface area (Å²) in [6.45, 7) is 6.52. The van der Waals surface area contributed by atoms with Crippen molar-refractivity contribution >= 4 is 44.9 Å². The largest absolute Gasteiger partial charge is 0.332 e. The van der Waals surface area contributed by atoms with Gasteiger partial charge in [-0.2, -0.15) is 0 Å². The van der Waals surface area contributed by atoms with Crippen LogP contribution < -0.4 is 5.32 Å². The SMILES string of the molecule is Cc1ccsc1CN(Cc1ccccc1)C(=O)CN(CCN1CCCC1)C(=O)Nc1ccc(Br)cc1. The number of urea groups is 1.